The van der Waals surface area contributed by atoms with Crippen molar-refractivity contribution >= 4 is 18.3 Å². The monoisotopic (exact) mass is 458 g/mol. The molecule has 0 unspecified atom stereocenters. The second kappa shape index (κ2) is 9.25. The maximum Gasteiger partial charge on any atom is 0.416 e. The zero-order chi connectivity index (χ0) is 23.5. The van der Waals surface area contributed by atoms with Crippen LogP contribution in [0.25, 0.3) is 11.1 Å². The van der Waals surface area contributed by atoms with Gasteiger partial charge in [-0.3, -0.25) is 0 Å². The fourth-order valence-corrected chi connectivity index (χ4v) is 3.64. The zero-order valence-corrected chi connectivity index (χ0v) is 18.5. The third kappa shape index (κ3) is 5.83. The second-order valence-corrected chi connectivity index (χ2v) is 8.93. The first-order valence-corrected chi connectivity index (χ1v) is 10.4. The molecule has 0 saturated heterocycles. The van der Waals surface area contributed by atoms with Gasteiger partial charge in [-0.05, 0) is 71.0 Å². The van der Waals surface area contributed by atoms with Crippen molar-refractivity contribution in [3.63, 3.8) is 0 Å². The number of thiol groups is 1. The molecule has 1 heterocycles. The highest BCUT2D eigenvalue weighted by molar-refractivity contribution is 7.80. The summed E-state index contributed by atoms with van der Waals surface area (Å²) in [5.74, 6) is -0.519. The topological polar surface area (TPSA) is 35.8 Å². The fourth-order valence-electron chi connectivity index (χ4n) is 3.45. The van der Waals surface area contributed by atoms with Crippen molar-refractivity contribution in [2.24, 2.45) is 5.41 Å². The van der Waals surface area contributed by atoms with Gasteiger partial charge in [-0.2, -0.15) is 18.4 Å². The summed E-state index contributed by atoms with van der Waals surface area (Å²) < 4.78 is 50.5. The van der Waals surface area contributed by atoms with E-state index in [-0.39, 0.29) is 11.0 Å². The fraction of sp³-hybridized carbons (Fsp3) is 0.240. The molecule has 0 amide bonds. The molecule has 4 rings (SSSR count). The molecule has 0 fully saturated rings. The molecule has 3 aromatic carbocycles. The summed E-state index contributed by atoms with van der Waals surface area (Å²) in [7, 11) is 0. The molecule has 0 aromatic heterocycles. The van der Waals surface area contributed by atoms with E-state index in [0.29, 0.717) is 4.90 Å². The number of benzene rings is 3. The summed E-state index contributed by atoms with van der Waals surface area (Å²) in [6.07, 6.45) is -3.33. The van der Waals surface area contributed by atoms with Crippen LogP contribution in [0.2, 0.25) is 0 Å². The third-order valence-corrected chi connectivity index (χ3v) is 5.43. The van der Waals surface area contributed by atoms with Gasteiger partial charge >= 0.3 is 6.18 Å². The molecule has 0 aliphatic carbocycles. The number of rotatable bonds is 1. The molecule has 0 bridgehead atoms. The van der Waals surface area contributed by atoms with Gasteiger partial charge < -0.3 is 5.32 Å². The van der Waals surface area contributed by atoms with Gasteiger partial charge in [0.15, 0.2) is 0 Å². The molecule has 0 saturated carbocycles. The number of nitrogens with one attached hydrogen (secondary N) is 1. The smallest absolute Gasteiger partial charge is 0.384 e. The SMILES string of the molecule is CC1(C)CNc2ccc(-c3ccc(C(F)(F)F)cc3)cc2C1.N#Cc1ccc(S)cc1F. The van der Waals surface area contributed by atoms with Crippen LogP contribution in [-0.2, 0) is 12.6 Å². The van der Waals surface area contributed by atoms with Gasteiger partial charge in [-0.25, -0.2) is 4.39 Å². The molecule has 1 N–H and O–H groups in total. The van der Waals surface area contributed by atoms with Crippen LogP contribution in [0.3, 0.4) is 0 Å². The molecule has 7 heteroatoms. The largest absolute Gasteiger partial charge is 0.416 e. The van der Waals surface area contributed by atoms with E-state index in [4.69, 9.17) is 5.26 Å². The first kappa shape index (κ1) is 23.7. The molecule has 1 aliphatic rings. The summed E-state index contributed by atoms with van der Waals surface area (Å²) in [5.41, 5.74) is 3.72. The number of nitriles is 1. The van der Waals surface area contributed by atoms with Gasteiger partial charge in [0, 0.05) is 17.1 Å². The van der Waals surface area contributed by atoms with Crippen molar-refractivity contribution < 1.29 is 17.6 Å². The maximum absolute atomic E-state index is 12.6. The number of hydrogen-bond acceptors (Lipinski definition) is 3. The summed E-state index contributed by atoms with van der Waals surface area (Å²) in [4.78, 5) is 0.525. The van der Waals surface area contributed by atoms with Crippen LogP contribution in [0.5, 0.6) is 0 Å². The number of halogens is 4. The second-order valence-electron chi connectivity index (χ2n) is 8.42. The molecule has 32 heavy (non-hydrogen) atoms. The molecule has 0 radical (unpaired) electrons. The molecule has 166 valence electrons. The summed E-state index contributed by atoms with van der Waals surface area (Å²) in [6.45, 7) is 5.33. The molecule has 0 atom stereocenters. The summed E-state index contributed by atoms with van der Waals surface area (Å²) in [5, 5.41) is 11.7. The van der Waals surface area contributed by atoms with Gasteiger partial charge in [0.1, 0.15) is 11.9 Å². The number of hydrogen-bond donors (Lipinski definition) is 2. The Morgan fingerprint density at radius 3 is 2.22 bits per heavy atom. The standard InChI is InChI=1S/C18H18F3N.C7H4FNS/c1-17(2)10-14-9-13(5-8-16(14)22-11-17)12-3-6-15(7-4-12)18(19,20)21;8-7-3-6(10)2-1-5(7)4-9/h3-9,22H,10-11H2,1-2H3;1-3,10H. The number of fused-ring (bicyclic) bond motifs is 1. The van der Waals surface area contributed by atoms with Crippen molar-refractivity contribution in [1.29, 1.82) is 5.26 Å². The minimum atomic E-state index is -4.29. The minimum absolute atomic E-state index is 0.0535. The Morgan fingerprint density at radius 1 is 0.969 bits per heavy atom. The van der Waals surface area contributed by atoms with E-state index in [9.17, 15) is 17.6 Å². The average molecular weight is 459 g/mol. The highest BCUT2D eigenvalue weighted by Crippen LogP contribution is 2.36. The molecule has 1 aliphatic heterocycles. The van der Waals surface area contributed by atoms with Crippen molar-refractivity contribution in [3.8, 4) is 17.2 Å². The Morgan fingerprint density at radius 2 is 1.62 bits per heavy atom. The molecular formula is C25H22F4N2S. The first-order chi connectivity index (χ1) is 15.0. The van der Waals surface area contributed by atoms with Crippen LogP contribution < -0.4 is 5.32 Å². The average Bonchev–Trinajstić information content (AvgIpc) is 2.72. The molecular weight excluding hydrogens is 436 g/mol. The lowest BCUT2D eigenvalue weighted by atomic mass is 9.81. The van der Waals surface area contributed by atoms with E-state index in [2.05, 4.69) is 37.9 Å². The van der Waals surface area contributed by atoms with Crippen molar-refractivity contribution in [1.82, 2.24) is 0 Å². The van der Waals surface area contributed by atoms with Gasteiger partial charge in [0.05, 0.1) is 11.1 Å². The Labute approximate surface area is 190 Å². The van der Waals surface area contributed by atoms with Crippen LogP contribution in [0.4, 0.5) is 23.2 Å². The predicted molar refractivity (Wildman–Crippen MR) is 121 cm³/mol. The number of alkyl halides is 3. The predicted octanol–water partition coefficient (Wildman–Crippen LogP) is 7.35. The van der Waals surface area contributed by atoms with Gasteiger partial charge in [0.2, 0.25) is 0 Å². The van der Waals surface area contributed by atoms with Crippen LogP contribution in [-0.4, -0.2) is 6.54 Å². The van der Waals surface area contributed by atoms with Crippen LogP contribution in [0.1, 0.15) is 30.5 Å². The number of anilines is 1. The molecule has 0 spiro atoms. The van der Waals surface area contributed by atoms with Crippen LogP contribution in [0, 0.1) is 22.6 Å². The maximum atomic E-state index is 12.6. The van der Waals surface area contributed by atoms with Crippen molar-refractivity contribution in [2.75, 3.05) is 11.9 Å². The lowest BCUT2D eigenvalue weighted by Gasteiger charge is -2.32. The van der Waals surface area contributed by atoms with Crippen LogP contribution in [0.15, 0.2) is 65.6 Å². The number of nitrogens with zero attached hydrogens (tertiary/aromatic N) is 1. The lowest BCUT2D eigenvalue weighted by Crippen LogP contribution is -2.30. The van der Waals surface area contributed by atoms with E-state index < -0.39 is 17.6 Å². The Bertz CT molecular complexity index is 1150. The minimum Gasteiger partial charge on any atom is -0.384 e. The van der Waals surface area contributed by atoms with Crippen molar-refractivity contribution in [3.05, 3.63) is 83.2 Å². The van der Waals surface area contributed by atoms with E-state index in [1.54, 1.807) is 12.1 Å². The van der Waals surface area contributed by atoms with Gasteiger partial charge in [0.25, 0.3) is 0 Å². The summed E-state index contributed by atoms with van der Waals surface area (Å²) >= 11 is 3.89. The molecule has 2 nitrogen and oxygen atoms in total. The van der Waals surface area contributed by atoms with Crippen LogP contribution >= 0.6 is 12.6 Å². The Balaban J connectivity index is 0.000000243. The van der Waals surface area contributed by atoms with E-state index >= 15 is 0 Å². The highest BCUT2D eigenvalue weighted by Gasteiger charge is 2.30. The highest BCUT2D eigenvalue weighted by atomic mass is 32.1. The van der Waals surface area contributed by atoms with Gasteiger partial charge in [-0.15, -0.1) is 12.6 Å². The normalized spacial score (nSPS) is 14.3. The van der Waals surface area contributed by atoms with E-state index in [0.717, 1.165) is 41.9 Å². The molecule has 3 aromatic rings. The Kier molecular flexibility index (Phi) is 6.85. The Hall–Kier alpha value is -2.98. The zero-order valence-electron chi connectivity index (χ0n) is 17.6. The van der Waals surface area contributed by atoms with E-state index in [1.807, 2.05) is 12.1 Å². The quantitative estimate of drug-likeness (QED) is 0.295. The van der Waals surface area contributed by atoms with Gasteiger partial charge in [-0.1, -0.05) is 32.0 Å². The van der Waals surface area contributed by atoms with Crippen molar-refractivity contribution in [2.45, 2.75) is 31.3 Å². The summed E-state index contributed by atoms with van der Waals surface area (Å²) in [6, 6.07) is 17.3. The first-order valence-electron chi connectivity index (χ1n) is 9.91. The van der Waals surface area contributed by atoms with E-state index in [1.165, 1.54) is 29.8 Å². The lowest BCUT2D eigenvalue weighted by molar-refractivity contribution is -0.137. The third-order valence-electron chi connectivity index (χ3n) is 5.15.